The van der Waals surface area contributed by atoms with Gasteiger partial charge in [0.15, 0.2) is 0 Å². The van der Waals surface area contributed by atoms with Crippen LogP contribution in [0.3, 0.4) is 0 Å². The second kappa shape index (κ2) is 9.58. The number of fused-ring (bicyclic) bond motifs is 1. The molecule has 2 aliphatic heterocycles. The van der Waals surface area contributed by atoms with Crippen LogP contribution in [0, 0.1) is 11.2 Å². The summed E-state index contributed by atoms with van der Waals surface area (Å²) in [7, 11) is 0. The van der Waals surface area contributed by atoms with E-state index in [1.807, 2.05) is 6.92 Å². The van der Waals surface area contributed by atoms with Gasteiger partial charge < -0.3 is 14.8 Å². The summed E-state index contributed by atoms with van der Waals surface area (Å²) in [6, 6.07) is 3.78. The molecule has 1 fully saturated rings. The number of nitrogens with zero attached hydrogens (tertiary/aromatic N) is 2. The smallest absolute Gasteiger partial charge is 0.341 e. The van der Waals surface area contributed by atoms with E-state index in [9.17, 15) is 14.0 Å². The number of aromatic nitrogens is 2. The molecule has 9 heteroatoms. The number of aryl methyl sites for hydroxylation is 2. The van der Waals surface area contributed by atoms with Crippen LogP contribution < -0.4 is 5.32 Å². The summed E-state index contributed by atoms with van der Waals surface area (Å²) in [5.41, 5.74) is 2.26. The van der Waals surface area contributed by atoms with Crippen molar-refractivity contribution in [1.29, 1.82) is 0 Å². The van der Waals surface area contributed by atoms with Crippen molar-refractivity contribution in [2.45, 2.75) is 45.6 Å². The molecule has 1 aromatic carbocycles. The lowest BCUT2D eigenvalue weighted by molar-refractivity contribution is 0.0160. The highest BCUT2D eigenvalue weighted by atomic mass is 35.5. The Morgan fingerprint density at radius 1 is 1.38 bits per heavy atom. The van der Waals surface area contributed by atoms with Crippen LogP contribution in [0.2, 0.25) is 5.02 Å². The zero-order chi connectivity index (χ0) is 22.7. The first-order valence-corrected chi connectivity index (χ1v) is 11.4. The van der Waals surface area contributed by atoms with Crippen LogP contribution >= 0.6 is 11.6 Å². The molecule has 1 spiro atoms. The number of hydrogen-bond acceptors (Lipinski definition) is 5. The van der Waals surface area contributed by atoms with Crippen molar-refractivity contribution < 1.29 is 23.5 Å². The standard InChI is InChI=1S/C23H27ClFN3O4/c1-2-28-20-17(13-23(14-26-21(20)29)7-10-31-11-8-23)19(27-28)4-3-9-32-22(30)16-12-15(24)5-6-18(16)25/h5-6,12H,2-4,7-11,13-14H2,1H3,(H,26,29). The number of hydrogen-bond donors (Lipinski definition) is 1. The lowest BCUT2D eigenvalue weighted by Crippen LogP contribution is -2.40. The summed E-state index contributed by atoms with van der Waals surface area (Å²) in [5, 5.41) is 8.05. The van der Waals surface area contributed by atoms with E-state index in [0.29, 0.717) is 44.8 Å². The van der Waals surface area contributed by atoms with Crippen molar-refractivity contribution in [3.63, 3.8) is 0 Å². The third-order valence-electron chi connectivity index (χ3n) is 6.32. The van der Waals surface area contributed by atoms with Crippen LogP contribution in [0.1, 0.15) is 58.3 Å². The van der Waals surface area contributed by atoms with Gasteiger partial charge >= 0.3 is 5.97 Å². The first-order valence-electron chi connectivity index (χ1n) is 11.0. The van der Waals surface area contributed by atoms with Gasteiger partial charge in [-0.1, -0.05) is 11.6 Å². The Balaban J connectivity index is 1.46. The Labute approximate surface area is 191 Å². The fraction of sp³-hybridized carbons (Fsp3) is 0.522. The maximum absolute atomic E-state index is 13.9. The first kappa shape index (κ1) is 22.7. The van der Waals surface area contributed by atoms with Gasteiger partial charge in [-0.25, -0.2) is 9.18 Å². The number of nitrogens with one attached hydrogen (secondary N) is 1. The minimum atomic E-state index is -0.747. The molecule has 0 aliphatic carbocycles. The molecule has 7 nitrogen and oxygen atoms in total. The van der Waals surface area contributed by atoms with Gasteiger partial charge in [-0.15, -0.1) is 0 Å². The molecule has 1 saturated heterocycles. The second-order valence-corrected chi connectivity index (χ2v) is 8.86. The highest BCUT2D eigenvalue weighted by Crippen LogP contribution is 2.37. The van der Waals surface area contributed by atoms with Gasteiger partial charge in [0.1, 0.15) is 11.5 Å². The van der Waals surface area contributed by atoms with E-state index in [1.54, 1.807) is 4.68 Å². The van der Waals surface area contributed by atoms with E-state index in [-0.39, 0.29) is 28.5 Å². The second-order valence-electron chi connectivity index (χ2n) is 8.43. The highest BCUT2D eigenvalue weighted by molar-refractivity contribution is 6.30. The van der Waals surface area contributed by atoms with Crippen LogP contribution in [-0.4, -0.2) is 48.0 Å². The third kappa shape index (κ3) is 4.66. The number of benzene rings is 1. The van der Waals surface area contributed by atoms with Gasteiger partial charge in [-0.2, -0.15) is 5.10 Å². The number of halogens is 2. The number of ether oxygens (including phenoxy) is 2. The molecule has 172 valence electrons. The van der Waals surface area contributed by atoms with Crippen molar-refractivity contribution in [1.82, 2.24) is 15.1 Å². The van der Waals surface area contributed by atoms with Gasteiger partial charge in [0.2, 0.25) is 0 Å². The summed E-state index contributed by atoms with van der Waals surface area (Å²) >= 11 is 5.85. The quantitative estimate of drug-likeness (QED) is 0.523. The Hall–Kier alpha value is -2.45. The molecule has 1 amide bonds. The molecule has 0 unspecified atom stereocenters. The molecule has 32 heavy (non-hydrogen) atoms. The van der Waals surface area contributed by atoms with Crippen molar-refractivity contribution in [3.8, 4) is 0 Å². The normalized spacial score (nSPS) is 17.5. The van der Waals surface area contributed by atoms with E-state index in [4.69, 9.17) is 21.1 Å². The van der Waals surface area contributed by atoms with Gasteiger partial charge in [0.05, 0.1) is 17.9 Å². The molecule has 1 N–H and O–H groups in total. The Kier molecular flexibility index (Phi) is 6.81. The number of rotatable bonds is 6. The molecule has 0 radical (unpaired) electrons. The summed E-state index contributed by atoms with van der Waals surface area (Å²) in [4.78, 5) is 25.0. The predicted octanol–water partition coefficient (Wildman–Crippen LogP) is 3.57. The minimum absolute atomic E-state index is 0.0217. The molecule has 2 aromatic rings. The topological polar surface area (TPSA) is 82.5 Å². The maximum atomic E-state index is 13.9. The number of carbonyl (C=O) groups excluding carboxylic acids is 2. The first-order chi connectivity index (χ1) is 15.4. The fourth-order valence-electron chi connectivity index (χ4n) is 4.50. The molecule has 4 rings (SSSR count). The highest BCUT2D eigenvalue weighted by Gasteiger charge is 2.39. The molecule has 0 saturated carbocycles. The Bertz CT molecular complexity index is 1020. The summed E-state index contributed by atoms with van der Waals surface area (Å²) in [5.74, 6) is -1.51. The molecular weight excluding hydrogens is 437 g/mol. The lowest BCUT2D eigenvalue weighted by Gasteiger charge is -2.36. The van der Waals surface area contributed by atoms with E-state index in [2.05, 4.69) is 10.4 Å². The average Bonchev–Trinajstić information content (AvgIpc) is 3.07. The fourth-order valence-corrected chi connectivity index (χ4v) is 4.67. The molecule has 0 atom stereocenters. The van der Waals surface area contributed by atoms with Gasteiger partial charge in [-0.3, -0.25) is 9.48 Å². The number of esters is 1. The van der Waals surface area contributed by atoms with Gasteiger partial charge in [0.25, 0.3) is 5.91 Å². The molecule has 3 heterocycles. The zero-order valence-corrected chi connectivity index (χ0v) is 18.8. The SMILES string of the molecule is CCn1nc(CCCOC(=O)c2cc(Cl)ccc2F)c2c1C(=O)NCC1(CCOCC1)C2. The minimum Gasteiger partial charge on any atom is -0.462 e. The molecule has 1 aromatic heterocycles. The van der Waals surface area contributed by atoms with Gasteiger partial charge in [-0.05, 0) is 62.6 Å². The monoisotopic (exact) mass is 463 g/mol. The van der Waals surface area contributed by atoms with Crippen LogP contribution in [0.4, 0.5) is 4.39 Å². The largest absolute Gasteiger partial charge is 0.462 e. The van der Waals surface area contributed by atoms with E-state index < -0.39 is 11.8 Å². The lowest BCUT2D eigenvalue weighted by atomic mass is 9.75. The van der Waals surface area contributed by atoms with Crippen molar-refractivity contribution in [2.75, 3.05) is 26.4 Å². The molecule has 2 aliphatic rings. The Morgan fingerprint density at radius 3 is 2.91 bits per heavy atom. The third-order valence-corrected chi connectivity index (χ3v) is 6.55. The maximum Gasteiger partial charge on any atom is 0.341 e. The predicted molar refractivity (Wildman–Crippen MR) is 116 cm³/mol. The van der Waals surface area contributed by atoms with Crippen LogP contribution in [0.15, 0.2) is 18.2 Å². The van der Waals surface area contributed by atoms with Crippen LogP contribution in [0.5, 0.6) is 0 Å². The van der Waals surface area contributed by atoms with Crippen LogP contribution in [0.25, 0.3) is 0 Å². The van der Waals surface area contributed by atoms with E-state index in [0.717, 1.165) is 36.6 Å². The Morgan fingerprint density at radius 2 is 2.16 bits per heavy atom. The summed E-state index contributed by atoms with van der Waals surface area (Å²) in [6.45, 7) is 4.69. The zero-order valence-electron chi connectivity index (χ0n) is 18.1. The molecular formula is C23H27ClFN3O4. The number of carbonyl (C=O) groups is 2. The van der Waals surface area contributed by atoms with Crippen molar-refractivity contribution in [2.24, 2.45) is 5.41 Å². The van der Waals surface area contributed by atoms with Crippen molar-refractivity contribution >= 4 is 23.5 Å². The van der Waals surface area contributed by atoms with E-state index >= 15 is 0 Å². The average molecular weight is 464 g/mol. The van der Waals surface area contributed by atoms with Crippen LogP contribution in [-0.2, 0) is 28.9 Å². The summed E-state index contributed by atoms with van der Waals surface area (Å²) in [6.07, 6.45) is 3.63. The van der Waals surface area contributed by atoms with Crippen molar-refractivity contribution in [3.05, 3.63) is 51.6 Å². The summed E-state index contributed by atoms with van der Waals surface area (Å²) < 4.78 is 26.4. The molecule has 0 bridgehead atoms. The number of amides is 1. The van der Waals surface area contributed by atoms with E-state index in [1.165, 1.54) is 12.1 Å². The van der Waals surface area contributed by atoms with Gasteiger partial charge in [0, 0.05) is 36.9 Å².